The number of ether oxygens (including phenoxy) is 1. The van der Waals surface area contributed by atoms with Crippen molar-refractivity contribution in [3.05, 3.63) is 51.9 Å². The second-order valence-electron chi connectivity index (χ2n) is 5.83. The van der Waals surface area contributed by atoms with Crippen LogP contribution >= 0.6 is 23.5 Å². The lowest BCUT2D eigenvalue weighted by atomic mass is 10.1. The fourth-order valence-corrected chi connectivity index (χ4v) is 3.78. The minimum atomic E-state index is -0.181. The van der Waals surface area contributed by atoms with E-state index in [0.29, 0.717) is 17.5 Å². The molecule has 2 rings (SSSR count). The molecule has 0 bridgehead atoms. The Balaban J connectivity index is 1.75. The molecular weight excluding hydrogens is 382 g/mol. The average molecular weight is 408 g/mol. The zero-order chi connectivity index (χ0) is 19.5. The minimum absolute atomic E-state index is 0.0816. The van der Waals surface area contributed by atoms with Crippen molar-refractivity contribution in [3.8, 4) is 5.75 Å². The molecule has 0 atom stereocenters. The van der Waals surface area contributed by atoms with Gasteiger partial charge in [0.1, 0.15) is 5.75 Å². The quantitative estimate of drug-likeness (QED) is 0.339. The van der Waals surface area contributed by atoms with E-state index in [1.54, 1.807) is 18.9 Å². The fourth-order valence-electron chi connectivity index (χ4n) is 2.27. The molecule has 2 N–H and O–H groups in total. The summed E-state index contributed by atoms with van der Waals surface area (Å²) in [7, 11) is 1.63. The Labute approximate surface area is 167 Å². The Morgan fingerprint density at radius 3 is 2.78 bits per heavy atom. The highest BCUT2D eigenvalue weighted by atomic mass is 32.2. The van der Waals surface area contributed by atoms with Crippen LogP contribution in [-0.4, -0.2) is 41.0 Å². The standard InChI is InChI=1S/C19H25N3O3S2/c1-3-10-26-12-15-11-17(23)22-19(21-15)27-13-18(24)20-9-8-14-4-6-16(25-2)7-5-14/h4-7,11H,3,8-10,12-13H2,1-2H3,(H,20,24)(H,21,22,23). The van der Waals surface area contributed by atoms with Crippen LogP contribution in [0, 0.1) is 0 Å². The van der Waals surface area contributed by atoms with Gasteiger partial charge in [-0.2, -0.15) is 11.8 Å². The Morgan fingerprint density at radius 1 is 1.30 bits per heavy atom. The Bertz CT molecular complexity index is 779. The zero-order valence-electron chi connectivity index (χ0n) is 15.6. The average Bonchev–Trinajstić information content (AvgIpc) is 2.67. The summed E-state index contributed by atoms with van der Waals surface area (Å²) in [6.45, 7) is 2.68. The van der Waals surface area contributed by atoms with Crippen LogP contribution in [0.5, 0.6) is 5.75 Å². The first kappa shape index (κ1) is 21.4. The highest BCUT2D eigenvalue weighted by molar-refractivity contribution is 7.99. The number of hydrogen-bond donors (Lipinski definition) is 2. The van der Waals surface area contributed by atoms with E-state index >= 15 is 0 Å². The van der Waals surface area contributed by atoms with Gasteiger partial charge < -0.3 is 15.0 Å². The highest BCUT2D eigenvalue weighted by Gasteiger charge is 2.07. The predicted octanol–water partition coefficient (Wildman–Crippen LogP) is 2.87. The molecule has 1 heterocycles. The summed E-state index contributed by atoms with van der Waals surface area (Å²) in [5, 5.41) is 3.37. The van der Waals surface area contributed by atoms with Gasteiger partial charge in [-0.05, 0) is 36.3 Å². The van der Waals surface area contributed by atoms with Crippen LogP contribution in [0.1, 0.15) is 24.6 Å². The number of aromatic nitrogens is 2. The smallest absolute Gasteiger partial charge is 0.251 e. The van der Waals surface area contributed by atoms with Crippen LogP contribution in [0.15, 0.2) is 40.3 Å². The summed E-state index contributed by atoms with van der Waals surface area (Å²) in [4.78, 5) is 30.8. The van der Waals surface area contributed by atoms with Gasteiger partial charge in [-0.25, -0.2) is 4.98 Å². The molecule has 0 aliphatic heterocycles. The number of aromatic amines is 1. The number of nitrogens with one attached hydrogen (secondary N) is 2. The first-order chi connectivity index (χ1) is 13.1. The molecule has 0 saturated carbocycles. The topological polar surface area (TPSA) is 84.1 Å². The lowest BCUT2D eigenvalue weighted by molar-refractivity contribution is -0.118. The Morgan fingerprint density at radius 2 is 2.07 bits per heavy atom. The maximum atomic E-state index is 12.0. The number of carbonyl (C=O) groups excluding carboxylic acids is 1. The van der Waals surface area contributed by atoms with Gasteiger partial charge >= 0.3 is 0 Å². The molecule has 146 valence electrons. The molecule has 1 amide bonds. The molecule has 1 aromatic carbocycles. The van der Waals surface area contributed by atoms with Crippen LogP contribution in [0.2, 0.25) is 0 Å². The third kappa shape index (κ3) is 8.09. The second kappa shape index (κ2) is 11.7. The molecule has 6 nitrogen and oxygen atoms in total. The normalized spacial score (nSPS) is 10.6. The van der Waals surface area contributed by atoms with Gasteiger partial charge in [0.05, 0.1) is 18.6 Å². The van der Waals surface area contributed by atoms with Crippen molar-refractivity contribution in [2.75, 3.05) is 25.2 Å². The van der Waals surface area contributed by atoms with Crippen molar-refractivity contribution in [3.63, 3.8) is 0 Å². The van der Waals surface area contributed by atoms with Gasteiger partial charge in [0, 0.05) is 18.4 Å². The molecule has 0 radical (unpaired) electrons. The Kier molecular flexibility index (Phi) is 9.27. The lowest BCUT2D eigenvalue weighted by Crippen LogP contribution is -2.27. The predicted molar refractivity (Wildman–Crippen MR) is 112 cm³/mol. The van der Waals surface area contributed by atoms with E-state index in [4.69, 9.17) is 4.74 Å². The summed E-state index contributed by atoms with van der Waals surface area (Å²) >= 11 is 2.99. The molecule has 0 spiro atoms. The number of carbonyl (C=O) groups is 1. The van der Waals surface area contributed by atoms with E-state index in [1.807, 2.05) is 24.3 Å². The number of amides is 1. The number of methoxy groups -OCH3 is 1. The van der Waals surface area contributed by atoms with Gasteiger partial charge in [-0.1, -0.05) is 30.8 Å². The molecule has 27 heavy (non-hydrogen) atoms. The van der Waals surface area contributed by atoms with Gasteiger partial charge in [-0.3, -0.25) is 9.59 Å². The monoisotopic (exact) mass is 407 g/mol. The van der Waals surface area contributed by atoms with E-state index in [-0.39, 0.29) is 17.2 Å². The van der Waals surface area contributed by atoms with E-state index in [9.17, 15) is 9.59 Å². The maximum Gasteiger partial charge on any atom is 0.251 e. The summed E-state index contributed by atoms with van der Waals surface area (Å²) in [5.41, 5.74) is 1.70. The van der Waals surface area contributed by atoms with Gasteiger partial charge in [0.15, 0.2) is 5.16 Å². The van der Waals surface area contributed by atoms with E-state index in [0.717, 1.165) is 35.6 Å². The summed E-state index contributed by atoms with van der Waals surface area (Å²) < 4.78 is 5.12. The van der Waals surface area contributed by atoms with Crippen molar-refractivity contribution in [2.45, 2.75) is 30.7 Å². The van der Waals surface area contributed by atoms with Gasteiger partial charge in [0.25, 0.3) is 5.56 Å². The maximum absolute atomic E-state index is 12.0. The van der Waals surface area contributed by atoms with E-state index in [2.05, 4.69) is 22.2 Å². The third-order valence-corrected chi connectivity index (χ3v) is 5.68. The van der Waals surface area contributed by atoms with Crippen LogP contribution in [-0.2, 0) is 17.0 Å². The summed E-state index contributed by atoms with van der Waals surface area (Å²) in [5.74, 6) is 2.70. The SMILES string of the molecule is CCCSCc1cc(=O)[nH]c(SCC(=O)NCCc2ccc(OC)cc2)n1. The first-order valence-electron chi connectivity index (χ1n) is 8.81. The van der Waals surface area contributed by atoms with Crippen molar-refractivity contribution >= 4 is 29.4 Å². The highest BCUT2D eigenvalue weighted by Crippen LogP contribution is 2.15. The van der Waals surface area contributed by atoms with Crippen molar-refractivity contribution in [1.82, 2.24) is 15.3 Å². The second-order valence-corrected chi connectivity index (χ2v) is 7.90. The molecule has 0 aliphatic carbocycles. The van der Waals surface area contributed by atoms with Gasteiger partial charge in [0.2, 0.25) is 5.91 Å². The lowest BCUT2D eigenvalue weighted by Gasteiger charge is -2.07. The van der Waals surface area contributed by atoms with Crippen LogP contribution in [0.3, 0.4) is 0 Å². The first-order valence-corrected chi connectivity index (χ1v) is 10.9. The van der Waals surface area contributed by atoms with Crippen LogP contribution < -0.4 is 15.6 Å². The van der Waals surface area contributed by atoms with Gasteiger partial charge in [-0.15, -0.1) is 0 Å². The number of H-pyrrole nitrogens is 1. The largest absolute Gasteiger partial charge is 0.497 e. The summed E-state index contributed by atoms with van der Waals surface area (Å²) in [6.07, 6.45) is 1.84. The molecule has 8 heteroatoms. The molecule has 1 aromatic heterocycles. The third-order valence-electron chi connectivity index (χ3n) is 3.61. The zero-order valence-corrected chi connectivity index (χ0v) is 17.3. The van der Waals surface area contributed by atoms with Crippen molar-refractivity contribution in [2.24, 2.45) is 0 Å². The van der Waals surface area contributed by atoms with Crippen molar-refractivity contribution in [1.29, 1.82) is 0 Å². The van der Waals surface area contributed by atoms with Crippen LogP contribution in [0.25, 0.3) is 0 Å². The number of benzene rings is 1. The van der Waals surface area contributed by atoms with Crippen LogP contribution in [0.4, 0.5) is 0 Å². The number of nitrogens with zero attached hydrogens (tertiary/aromatic N) is 1. The number of hydrogen-bond acceptors (Lipinski definition) is 6. The van der Waals surface area contributed by atoms with E-state index in [1.165, 1.54) is 17.8 Å². The molecule has 0 saturated heterocycles. The van der Waals surface area contributed by atoms with E-state index < -0.39 is 0 Å². The number of thioether (sulfide) groups is 2. The molecule has 2 aromatic rings. The molecule has 0 fully saturated rings. The minimum Gasteiger partial charge on any atom is -0.497 e. The summed E-state index contributed by atoms with van der Waals surface area (Å²) in [6, 6.07) is 9.29. The molecular formula is C19H25N3O3S2. The molecule has 0 unspecified atom stereocenters. The Hall–Kier alpha value is -1.93. The van der Waals surface area contributed by atoms with Crippen molar-refractivity contribution < 1.29 is 9.53 Å². The molecule has 0 aliphatic rings. The number of rotatable bonds is 11. The fraction of sp³-hybridized carbons (Fsp3) is 0.421.